The van der Waals surface area contributed by atoms with Gasteiger partial charge < -0.3 is 10.2 Å². The Hall–Kier alpha value is -3.38. The Balaban J connectivity index is 1.62. The minimum Gasteiger partial charge on any atom is -0.352 e. The summed E-state index contributed by atoms with van der Waals surface area (Å²) in [6, 6.07) is 17.7. The Morgan fingerprint density at radius 2 is 1.76 bits per heavy atom. The van der Waals surface area contributed by atoms with Crippen LogP contribution in [-0.4, -0.2) is 41.2 Å². The van der Waals surface area contributed by atoms with Crippen molar-refractivity contribution in [3.05, 3.63) is 76.8 Å². The molecule has 3 amide bonds. The van der Waals surface area contributed by atoms with Crippen molar-refractivity contribution < 1.29 is 14.4 Å². The van der Waals surface area contributed by atoms with Gasteiger partial charge >= 0.3 is 0 Å². The molecular weight excluding hydrogens is 450 g/mol. The van der Waals surface area contributed by atoms with Gasteiger partial charge in [-0.15, -0.1) is 0 Å². The molecule has 0 spiro atoms. The number of anilines is 1. The van der Waals surface area contributed by atoms with Gasteiger partial charge in [-0.25, -0.2) is 0 Å². The van der Waals surface area contributed by atoms with Crippen molar-refractivity contribution in [1.29, 1.82) is 0 Å². The minimum atomic E-state index is -0.726. The number of benzene rings is 3. The predicted octanol–water partition coefficient (Wildman–Crippen LogP) is 4.79. The Morgan fingerprint density at radius 3 is 2.47 bits per heavy atom. The van der Waals surface area contributed by atoms with Crippen LogP contribution in [0.3, 0.4) is 0 Å². The summed E-state index contributed by atoms with van der Waals surface area (Å²) >= 11 is 6.16. The van der Waals surface area contributed by atoms with Crippen molar-refractivity contribution in [1.82, 2.24) is 10.2 Å². The third kappa shape index (κ3) is 4.64. The van der Waals surface area contributed by atoms with Crippen LogP contribution in [-0.2, 0) is 16.1 Å². The molecule has 176 valence electrons. The van der Waals surface area contributed by atoms with Crippen molar-refractivity contribution in [2.24, 2.45) is 0 Å². The molecule has 6 nitrogen and oxygen atoms in total. The van der Waals surface area contributed by atoms with Crippen LogP contribution in [0.25, 0.3) is 10.8 Å². The zero-order valence-corrected chi connectivity index (χ0v) is 20.3. The number of carbonyl (C=O) groups excluding carboxylic acids is 3. The van der Waals surface area contributed by atoms with Crippen molar-refractivity contribution in [2.75, 3.05) is 11.4 Å². The molecule has 0 unspecified atom stereocenters. The normalized spacial score (nSPS) is 14.2. The Bertz CT molecular complexity index is 1250. The molecule has 4 rings (SSSR count). The van der Waals surface area contributed by atoms with Gasteiger partial charge in [-0.2, -0.15) is 0 Å². The maximum Gasteiger partial charge on any atom is 0.259 e. The Morgan fingerprint density at radius 1 is 1.06 bits per heavy atom. The summed E-state index contributed by atoms with van der Waals surface area (Å²) in [5, 5.41) is 5.32. The van der Waals surface area contributed by atoms with E-state index in [1.165, 1.54) is 9.80 Å². The first-order valence-electron chi connectivity index (χ1n) is 11.5. The summed E-state index contributed by atoms with van der Waals surface area (Å²) in [4.78, 5) is 42.8. The van der Waals surface area contributed by atoms with Gasteiger partial charge in [-0.05, 0) is 55.5 Å². The maximum atomic E-state index is 13.6. The maximum absolute atomic E-state index is 13.6. The number of hydrogen-bond acceptors (Lipinski definition) is 3. The zero-order chi connectivity index (χ0) is 24.4. The van der Waals surface area contributed by atoms with E-state index in [-0.39, 0.29) is 36.9 Å². The van der Waals surface area contributed by atoms with Gasteiger partial charge in [0.15, 0.2) is 0 Å². The number of nitrogens with zero attached hydrogens (tertiary/aromatic N) is 2. The molecule has 0 fully saturated rings. The zero-order valence-electron chi connectivity index (χ0n) is 19.5. The third-order valence-corrected chi connectivity index (χ3v) is 6.59. The lowest BCUT2D eigenvalue weighted by atomic mass is 10.1. The summed E-state index contributed by atoms with van der Waals surface area (Å²) in [5.74, 6) is -0.757. The fourth-order valence-corrected chi connectivity index (χ4v) is 4.46. The molecule has 34 heavy (non-hydrogen) atoms. The lowest BCUT2D eigenvalue weighted by Gasteiger charge is -2.31. The van der Waals surface area contributed by atoms with Crippen molar-refractivity contribution in [3.8, 4) is 0 Å². The quantitative estimate of drug-likeness (QED) is 0.507. The van der Waals surface area contributed by atoms with E-state index in [0.29, 0.717) is 16.3 Å². The molecular formula is C27H28ClN3O3. The van der Waals surface area contributed by atoms with Gasteiger partial charge in [0.1, 0.15) is 12.6 Å². The van der Waals surface area contributed by atoms with E-state index >= 15 is 0 Å². The first-order valence-corrected chi connectivity index (χ1v) is 11.9. The lowest BCUT2D eigenvalue weighted by molar-refractivity contribution is -0.139. The number of hydrogen-bond donors (Lipinski definition) is 1. The van der Waals surface area contributed by atoms with Gasteiger partial charge in [0.25, 0.3) is 5.91 Å². The van der Waals surface area contributed by atoms with Crippen LogP contribution in [0.15, 0.2) is 60.7 Å². The number of carbonyl (C=O) groups is 3. The fraction of sp³-hybridized carbons (Fsp3) is 0.296. The second-order valence-electron chi connectivity index (χ2n) is 8.72. The Labute approximate surface area is 204 Å². The molecule has 0 aliphatic carbocycles. The summed E-state index contributed by atoms with van der Waals surface area (Å²) < 4.78 is 0. The van der Waals surface area contributed by atoms with Gasteiger partial charge in [-0.3, -0.25) is 19.3 Å². The standard InChI is InChI=1S/C27H28ClN3O3/c1-4-17(2)29-26(33)18(3)30(15-19-8-5-11-21(28)14-19)24(32)16-31-23-13-7-10-20-9-6-12-22(25(20)23)27(31)34/h5-14,17-18H,4,15-16H2,1-3H3,(H,29,33)/t17-,18+/m1/s1. The van der Waals surface area contributed by atoms with Gasteiger partial charge in [0, 0.05) is 28.6 Å². The fourth-order valence-electron chi connectivity index (χ4n) is 4.24. The summed E-state index contributed by atoms with van der Waals surface area (Å²) in [7, 11) is 0. The first-order chi connectivity index (χ1) is 16.3. The van der Waals surface area contributed by atoms with E-state index < -0.39 is 6.04 Å². The molecule has 0 saturated carbocycles. The molecule has 1 aliphatic heterocycles. The molecule has 7 heteroatoms. The SMILES string of the molecule is CC[C@@H](C)NC(=O)[C@H](C)N(Cc1cccc(Cl)c1)C(=O)CN1C(=O)c2cccc3cccc1c23. The van der Waals surface area contributed by atoms with Gasteiger partial charge in [0.05, 0.1) is 5.69 Å². The average Bonchev–Trinajstić information content (AvgIpc) is 3.10. The van der Waals surface area contributed by atoms with E-state index in [4.69, 9.17) is 11.6 Å². The van der Waals surface area contributed by atoms with E-state index in [1.807, 2.05) is 56.3 Å². The monoisotopic (exact) mass is 477 g/mol. The lowest BCUT2D eigenvalue weighted by Crippen LogP contribution is -2.52. The molecule has 0 radical (unpaired) electrons. The largest absolute Gasteiger partial charge is 0.352 e. The smallest absolute Gasteiger partial charge is 0.259 e. The van der Waals surface area contributed by atoms with Crippen LogP contribution >= 0.6 is 11.6 Å². The molecule has 2 atom stereocenters. The molecule has 3 aromatic rings. The van der Waals surface area contributed by atoms with E-state index in [1.54, 1.807) is 25.1 Å². The Kier molecular flexibility index (Phi) is 6.89. The van der Waals surface area contributed by atoms with E-state index in [9.17, 15) is 14.4 Å². The van der Waals surface area contributed by atoms with Crippen LogP contribution in [0, 0.1) is 0 Å². The second kappa shape index (κ2) is 9.85. The highest BCUT2D eigenvalue weighted by molar-refractivity contribution is 6.30. The van der Waals surface area contributed by atoms with Crippen LogP contribution in [0.4, 0.5) is 5.69 Å². The molecule has 0 aromatic heterocycles. The van der Waals surface area contributed by atoms with Gasteiger partial charge in [0.2, 0.25) is 11.8 Å². The number of halogens is 1. The topological polar surface area (TPSA) is 69.7 Å². The van der Waals surface area contributed by atoms with Crippen LogP contribution in [0.5, 0.6) is 0 Å². The second-order valence-corrected chi connectivity index (χ2v) is 9.15. The molecule has 1 heterocycles. The van der Waals surface area contributed by atoms with Crippen molar-refractivity contribution in [2.45, 2.75) is 45.8 Å². The van der Waals surface area contributed by atoms with Crippen LogP contribution in [0.1, 0.15) is 43.1 Å². The van der Waals surface area contributed by atoms with Crippen LogP contribution < -0.4 is 10.2 Å². The number of nitrogens with one attached hydrogen (secondary N) is 1. The highest BCUT2D eigenvalue weighted by Gasteiger charge is 2.34. The van der Waals surface area contributed by atoms with Crippen molar-refractivity contribution >= 4 is 45.8 Å². The number of rotatable bonds is 8. The highest BCUT2D eigenvalue weighted by atomic mass is 35.5. The average molecular weight is 478 g/mol. The number of amides is 3. The molecule has 1 N–H and O–H groups in total. The van der Waals surface area contributed by atoms with Gasteiger partial charge in [-0.1, -0.05) is 54.9 Å². The minimum absolute atomic E-state index is 0.00895. The predicted molar refractivity (Wildman–Crippen MR) is 135 cm³/mol. The molecule has 0 saturated heterocycles. The highest BCUT2D eigenvalue weighted by Crippen LogP contribution is 2.37. The third-order valence-electron chi connectivity index (χ3n) is 6.35. The first kappa shape index (κ1) is 23.8. The molecule has 1 aliphatic rings. The van der Waals surface area contributed by atoms with Crippen molar-refractivity contribution in [3.63, 3.8) is 0 Å². The molecule has 0 bridgehead atoms. The summed E-state index contributed by atoms with van der Waals surface area (Å²) in [5.41, 5.74) is 2.11. The molecule has 3 aromatic carbocycles. The van der Waals surface area contributed by atoms with E-state index in [2.05, 4.69) is 5.32 Å². The van der Waals surface area contributed by atoms with E-state index in [0.717, 1.165) is 22.8 Å². The van der Waals surface area contributed by atoms with Crippen LogP contribution in [0.2, 0.25) is 5.02 Å². The summed E-state index contributed by atoms with van der Waals surface area (Å²) in [6.07, 6.45) is 0.783. The summed E-state index contributed by atoms with van der Waals surface area (Å²) in [6.45, 7) is 5.67.